The highest BCUT2D eigenvalue weighted by atomic mass is 32.1. The number of carbonyl (C=O) groups is 2. The molecule has 2 aromatic rings. The van der Waals surface area contributed by atoms with Crippen molar-refractivity contribution < 1.29 is 19.6 Å². The number of nitrogens with one attached hydrogen (secondary N) is 1. The minimum atomic E-state index is -0.678. The third-order valence-corrected chi connectivity index (χ3v) is 5.43. The van der Waals surface area contributed by atoms with Crippen LogP contribution in [0.2, 0.25) is 0 Å². The predicted molar refractivity (Wildman–Crippen MR) is 99.6 cm³/mol. The van der Waals surface area contributed by atoms with Gasteiger partial charge in [0.05, 0.1) is 33.2 Å². The highest BCUT2D eigenvalue weighted by Crippen LogP contribution is 2.40. The molecule has 1 N–H and O–H groups in total. The number of amides is 1. The maximum atomic E-state index is 13.1. The zero-order chi connectivity index (χ0) is 18.8. The van der Waals surface area contributed by atoms with Crippen LogP contribution in [-0.2, 0) is 9.59 Å². The molecule has 1 aromatic carbocycles. The van der Waals surface area contributed by atoms with Crippen LogP contribution >= 0.6 is 11.3 Å². The Morgan fingerprint density at radius 2 is 1.88 bits per heavy atom. The monoisotopic (exact) mass is 370 g/mol. The van der Waals surface area contributed by atoms with Crippen LogP contribution in [0.3, 0.4) is 0 Å². The lowest BCUT2D eigenvalue weighted by Crippen LogP contribution is -3.06. The first-order valence-corrected chi connectivity index (χ1v) is 9.44. The van der Waals surface area contributed by atoms with Crippen LogP contribution in [0.4, 0.5) is 0 Å². The van der Waals surface area contributed by atoms with E-state index in [9.17, 15) is 14.7 Å². The second-order valence-corrected chi connectivity index (χ2v) is 7.79. The number of likely N-dealkylation sites (tertiary alicyclic amines) is 1. The number of hydrogen-bond donors (Lipinski definition) is 1. The van der Waals surface area contributed by atoms with E-state index in [2.05, 4.69) is 0 Å². The van der Waals surface area contributed by atoms with E-state index in [1.807, 2.05) is 50.7 Å². The summed E-state index contributed by atoms with van der Waals surface area (Å²) in [5, 5.41) is 15.0. The van der Waals surface area contributed by atoms with Gasteiger partial charge in [-0.15, -0.1) is 11.3 Å². The molecule has 1 saturated heterocycles. The molecule has 136 valence electrons. The van der Waals surface area contributed by atoms with E-state index in [-0.39, 0.29) is 11.3 Å². The third kappa shape index (κ3) is 3.43. The highest BCUT2D eigenvalue weighted by Gasteiger charge is 2.44. The van der Waals surface area contributed by atoms with E-state index in [0.717, 1.165) is 10.4 Å². The Morgan fingerprint density at radius 3 is 2.46 bits per heavy atom. The second-order valence-electron chi connectivity index (χ2n) is 6.81. The fourth-order valence-corrected chi connectivity index (χ4v) is 3.89. The standard InChI is InChI=1S/C20H22N2O3S/c1-13-6-8-14(9-7-13)18(23)16-17(15-5-4-12-26-15)22(11-10-21(2)3)20(25)19(16)24/h4-9,12,17,23H,10-11H2,1-3H3/b18-16+. The SMILES string of the molecule is Cc1ccc(/C([O-])=C2\C(=O)C(=O)N(CC[NH+](C)C)C2c2cccs2)cc1. The van der Waals surface area contributed by atoms with Gasteiger partial charge in [0.1, 0.15) is 0 Å². The number of benzene rings is 1. The predicted octanol–water partition coefficient (Wildman–Crippen LogP) is 0.425. The summed E-state index contributed by atoms with van der Waals surface area (Å²) in [7, 11) is 3.98. The van der Waals surface area contributed by atoms with Crippen LogP contribution in [0.5, 0.6) is 0 Å². The van der Waals surface area contributed by atoms with Gasteiger partial charge in [-0.25, -0.2) is 0 Å². The largest absolute Gasteiger partial charge is 0.872 e. The molecule has 0 spiro atoms. The van der Waals surface area contributed by atoms with Crippen molar-refractivity contribution in [1.82, 2.24) is 4.90 Å². The van der Waals surface area contributed by atoms with Gasteiger partial charge in [-0.2, -0.15) is 0 Å². The van der Waals surface area contributed by atoms with E-state index in [4.69, 9.17) is 0 Å². The van der Waals surface area contributed by atoms with Gasteiger partial charge in [-0.05, 0) is 23.9 Å². The van der Waals surface area contributed by atoms with Gasteiger partial charge in [0.15, 0.2) is 0 Å². The molecule has 5 nitrogen and oxygen atoms in total. The van der Waals surface area contributed by atoms with Crippen LogP contribution in [0.15, 0.2) is 47.4 Å². The molecule has 0 bridgehead atoms. The average Bonchev–Trinajstić information content (AvgIpc) is 3.21. The number of nitrogens with zero attached hydrogens (tertiary/aromatic N) is 1. The minimum absolute atomic E-state index is 0.0649. The summed E-state index contributed by atoms with van der Waals surface area (Å²) in [6.07, 6.45) is 0. The molecule has 26 heavy (non-hydrogen) atoms. The fraction of sp³-hybridized carbons (Fsp3) is 0.300. The van der Waals surface area contributed by atoms with Crippen molar-refractivity contribution in [3.8, 4) is 0 Å². The van der Waals surface area contributed by atoms with Crippen molar-refractivity contribution in [2.45, 2.75) is 13.0 Å². The Kier molecular flexibility index (Phi) is 5.25. The van der Waals surface area contributed by atoms with Gasteiger partial charge in [-0.3, -0.25) is 9.59 Å². The fourth-order valence-electron chi connectivity index (χ4n) is 3.05. The molecule has 1 aromatic heterocycles. The Labute approximate surface area is 157 Å². The maximum Gasteiger partial charge on any atom is 0.295 e. The minimum Gasteiger partial charge on any atom is -0.872 e. The molecular formula is C20H22N2O3S. The molecule has 0 aliphatic carbocycles. The molecule has 0 saturated carbocycles. The highest BCUT2D eigenvalue weighted by molar-refractivity contribution is 7.10. The Balaban J connectivity index is 2.09. The zero-order valence-corrected chi connectivity index (χ0v) is 15.9. The van der Waals surface area contributed by atoms with Crippen molar-refractivity contribution in [2.24, 2.45) is 0 Å². The summed E-state index contributed by atoms with van der Waals surface area (Å²) < 4.78 is 0. The van der Waals surface area contributed by atoms with Crippen molar-refractivity contribution >= 4 is 28.8 Å². The zero-order valence-electron chi connectivity index (χ0n) is 15.1. The lowest BCUT2D eigenvalue weighted by molar-refractivity contribution is -0.857. The van der Waals surface area contributed by atoms with Crippen molar-refractivity contribution in [2.75, 3.05) is 27.2 Å². The molecule has 1 atom stereocenters. The van der Waals surface area contributed by atoms with Gasteiger partial charge in [-0.1, -0.05) is 41.7 Å². The number of quaternary nitrogens is 1. The first-order valence-electron chi connectivity index (χ1n) is 8.56. The molecular weight excluding hydrogens is 348 g/mol. The van der Waals surface area contributed by atoms with Gasteiger partial charge in [0.2, 0.25) is 5.78 Å². The molecule has 1 aliphatic heterocycles. The van der Waals surface area contributed by atoms with Gasteiger partial charge in [0, 0.05) is 10.5 Å². The molecule has 1 fully saturated rings. The first-order chi connectivity index (χ1) is 12.4. The maximum absolute atomic E-state index is 13.1. The number of thiophene rings is 1. The van der Waals surface area contributed by atoms with E-state index in [1.165, 1.54) is 16.2 Å². The van der Waals surface area contributed by atoms with Crippen molar-refractivity contribution in [3.63, 3.8) is 0 Å². The number of likely N-dealkylation sites (N-methyl/N-ethyl adjacent to an activating group) is 1. The first kappa shape index (κ1) is 18.4. The van der Waals surface area contributed by atoms with E-state index < -0.39 is 17.7 Å². The molecule has 3 rings (SSSR count). The van der Waals surface area contributed by atoms with Crippen LogP contribution in [-0.4, -0.2) is 43.8 Å². The number of rotatable bonds is 5. The summed E-state index contributed by atoms with van der Waals surface area (Å²) in [5.41, 5.74) is 1.54. The Hall–Kier alpha value is -2.44. The van der Waals surface area contributed by atoms with Crippen LogP contribution < -0.4 is 10.0 Å². The molecule has 6 heteroatoms. The van der Waals surface area contributed by atoms with Gasteiger partial charge < -0.3 is 14.9 Å². The lowest BCUT2D eigenvalue weighted by atomic mass is 9.99. The topological polar surface area (TPSA) is 64.9 Å². The number of hydrogen-bond acceptors (Lipinski definition) is 4. The number of aryl methyl sites for hydroxylation is 1. The van der Waals surface area contributed by atoms with Crippen LogP contribution in [0, 0.1) is 6.92 Å². The van der Waals surface area contributed by atoms with Crippen molar-refractivity contribution in [3.05, 3.63) is 63.4 Å². The second kappa shape index (κ2) is 7.43. The summed E-state index contributed by atoms with van der Waals surface area (Å²) in [6, 6.07) is 10.2. The third-order valence-electron chi connectivity index (χ3n) is 4.51. The molecule has 1 unspecified atom stereocenters. The van der Waals surface area contributed by atoms with Crippen molar-refractivity contribution in [1.29, 1.82) is 0 Å². The summed E-state index contributed by atoms with van der Waals surface area (Å²) in [6.45, 7) is 3.07. The molecule has 2 heterocycles. The number of carbonyl (C=O) groups excluding carboxylic acids is 2. The quantitative estimate of drug-likeness (QED) is 0.471. The van der Waals surface area contributed by atoms with E-state index >= 15 is 0 Å². The molecule has 1 aliphatic rings. The van der Waals surface area contributed by atoms with Crippen LogP contribution in [0.1, 0.15) is 22.0 Å². The van der Waals surface area contributed by atoms with E-state index in [1.54, 1.807) is 17.0 Å². The summed E-state index contributed by atoms with van der Waals surface area (Å²) in [4.78, 5) is 28.9. The number of ketones is 1. The van der Waals surface area contributed by atoms with Crippen LogP contribution in [0.25, 0.3) is 5.76 Å². The smallest absolute Gasteiger partial charge is 0.295 e. The van der Waals surface area contributed by atoms with Gasteiger partial charge >= 0.3 is 0 Å². The molecule has 0 radical (unpaired) electrons. The lowest BCUT2D eigenvalue weighted by Gasteiger charge is -2.26. The Bertz CT molecular complexity index is 838. The average molecular weight is 370 g/mol. The number of Topliss-reactive ketones (excluding diaryl/α,β-unsaturated/α-hetero) is 1. The normalized spacial score (nSPS) is 19.5. The van der Waals surface area contributed by atoms with E-state index in [0.29, 0.717) is 18.7 Å². The molecule has 1 amide bonds. The Morgan fingerprint density at radius 1 is 1.19 bits per heavy atom. The summed E-state index contributed by atoms with van der Waals surface area (Å²) >= 11 is 1.46. The summed E-state index contributed by atoms with van der Waals surface area (Å²) in [5.74, 6) is -1.62. The van der Waals surface area contributed by atoms with Gasteiger partial charge in [0.25, 0.3) is 5.91 Å².